The highest BCUT2D eigenvalue weighted by molar-refractivity contribution is 5.99. The molecule has 0 bridgehead atoms. The quantitative estimate of drug-likeness (QED) is 0.741. The molecule has 0 radical (unpaired) electrons. The minimum absolute atomic E-state index is 0.00702. The Morgan fingerprint density at radius 2 is 1.91 bits per heavy atom. The topological polar surface area (TPSA) is 77.6 Å². The third-order valence-corrected chi connectivity index (χ3v) is 6.11. The first-order valence-corrected chi connectivity index (χ1v) is 11.4. The van der Waals surface area contributed by atoms with Gasteiger partial charge in [-0.15, -0.1) is 0 Å². The summed E-state index contributed by atoms with van der Waals surface area (Å²) >= 11 is 0. The van der Waals surface area contributed by atoms with E-state index in [1.165, 1.54) is 18.6 Å². The van der Waals surface area contributed by atoms with Crippen LogP contribution in [0.2, 0.25) is 0 Å². The Balaban J connectivity index is 1.34. The molecule has 2 N–H and O–H groups in total. The van der Waals surface area contributed by atoms with Crippen LogP contribution in [-0.2, 0) is 0 Å². The lowest BCUT2D eigenvalue weighted by Gasteiger charge is -2.34. The summed E-state index contributed by atoms with van der Waals surface area (Å²) < 4.78 is 13.3. The molecule has 3 amide bonds. The molecule has 1 aromatic carbocycles. The SMILES string of the molecule is O=C(NCC1CCCN(C(=O)c2cccnc2N2CCCCC2)C1)Nc1cccc(F)c1. The Morgan fingerprint density at radius 1 is 1.06 bits per heavy atom. The number of anilines is 2. The van der Waals surface area contributed by atoms with Gasteiger partial charge in [0.1, 0.15) is 11.6 Å². The van der Waals surface area contributed by atoms with Crippen molar-refractivity contribution in [3.8, 4) is 0 Å². The van der Waals surface area contributed by atoms with E-state index in [2.05, 4.69) is 20.5 Å². The molecule has 7 nitrogen and oxygen atoms in total. The van der Waals surface area contributed by atoms with Crippen molar-refractivity contribution in [3.63, 3.8) is 0 Å². The van der Waals surface area contributed by atoms with Crippen LogP contribution in [0.3, 0.4) is 0 Å². The Kier molecular flexibility index (Phi) is 7.19. The van der Waals surface area contributed by atoms with Crippen molar-refractivity contribution in [2.45, 2.75) is 32.1 Å². The summed E-state index contributed by atoms with van der Waals surface area (Å²) in [6.45, 7) is 3.62. The lowest BCUT2D eigenvalue weighted by Crippen LogP contribution is -2.45. The molecule has 2 saturated heterocycles. The van der Waals surface area contributed by atoms with Crippen LogP contribution in [0.1, 0.15) is 42.5 Å². The number of aromatic nitrogens is 1. The number of urea groups is 1. The van der Waals surface area contributed by atoms with E-state index in [-0.39, 0.29) is 17.9 Å². The normalized spacial score (nSPS) is 18.8. The maximum Gasteiger partial charge on any atom is 0.319 e. The van der Waals surface area contributed by atoms with Crippen molar-refractivity contribution in [2.75, 3.05) is 42.9 Å². The predicted octanol–water partition coefficient (Wildman–Crippen LogP) is 3.88. The predicted molar refractivity (Wildman–Crippen MR) is 122 cm³/mol. The number of likely N-dealkylation sites (tertiary alicyclic amines) is 1. The van der Waals surface area contributed by atoms with Gasteiger partial charge in [-0.05, 0) is 68.4 Å². The van der Waals surface area contributed by atoms with Gasteiger partial charge in [-0.25, -0.2) is 14.2 Å². The zero-order chi connectivity index (χ0) is 22.3. The Morgan fingerprint density at radius 3 is 2.72 bits per heavy atom. The fraction of sp³-hybridized carbons (Fsp3) is 0.458. The number of rotatable bonds is 5. The first kappa shape index (κ1) is 22.0. The second-order valence-electron chi connectivity index (χ2n) is 8.53. The van der Waals surface area contributed by atoms with Crippen LogP contribution in [0, 0.1) is 11.7 Å². The average Bonchev–Trinajstić information content (AvgIpc) is 2.83. The van der Waals surface area contributed by atoms with Gasteiger partial charge in [0.15, 0.2) is 0 Å². The summed E-state index contributed by atoms with van der Waals surface area (Å²) in [6.07, 6.45) is 7.05. The number of hydrogen-bond donors (Lipinski definition) is 2. The molecular formula is C24H30FN5O2. The molecule has 1 aromatic heterocycles. The van der Waals surface area contributed by atoms with E-state index >= 15 is 0 Å². The molecule has 8 heteroatoms. The number of nitrogens with zero attached hydrogens (tertiary/aromatic N) is 3. The highest BCUT2D eigenvalue weighted by atomic mass is 19.1. The van der Waals surface area contributed by atoms with Gasteiger partial charge in [-0.3, -0.25) is 4.79 Å². The molecule has 2 fully saturated rings. The van der Waals surface area contributed by atoms with Gasteiger partial charge < -0.3 is 20.4 Å². The molecule has 2 aromatic rings. The van der Waals surface area contributed by atoms with E-state index in [1.807, 2.05) is 17.0 Å². The van der Waals surface area contributed by atoms with Crippen molar-refractivity contribution in [1.29, 1.82) is 0 Å². The zero-order valence-corrected chi connectivity index (χ0v) is 18.2. The summed E-state index contributed by atoms with van der Waals surface area (Å²) in [6, 6.07) is 9.10. The Hall–Kier alpha value is -3.16. The van der Waals surface area contributed by atoms with Crippen LogP contribution in [0.25, 0.3) is 0 Å². The molecule has 170 valence electrons. The molecule has 1 unspecified atom stereocenters. The van der Waals surface area contributed by atoms with Gasteiger partial charge >= 0.3 is 6.03 Å². The van der Waals surface area contributed by atoms with E-state index in [9.17, 15) is 14.0 Å². The van der Waals surface area contributed by atoms with Crippen LogP contribution < -0.4 is 15.5 Å². The smallest absolute Gasteiger partial charge is 0.319 e. The molecule has 32 heavy (non-hydrogen) atoms. The number of amides is 3. The van der Waals surface area contributed by atoms with Crippen molar-refractivity contribution in [2.24, 2.45) is 5.92 Å². The fourth-order valence-electron chi connectivity index (χ4n) is 4.49. The van der Waals surface area contributed by atoms with Crippen molar-refractivity contribution in [1.82, 2.24) is 15.2 Å². The highest BCUT2D eigenvalue weighted by Crippen LogP contribution is 2.25. The van der Waals surface area contributed by atoms with E-state index in [4.69, 9.17) is 0 Å². The Bertz CT molecular complexity index is 947. The number of carbonyl (C=O) groups is 2. The molecule has 4 rings (SSSR count). The lowest BCUT2D eigenvalue weighted by molar-refractivity contribution is 0.0675. The first-order chi connectivity index (χ1) is 15.6. The molecule has 3 heterocycles. The van der Waals surface area contributed by atoms with Gasteiger partial charge in [0, 0.05) is 44.6 Å². The standard InChI is InChI=1S/C24H30FN5O2/c25-19-8-4-9-20(15-19)28-24(32)27-16-18-7-6-14-30(17-18)23(31)21-10-5-11-26-22(21)29-12-2-1-3-13-29/h4-5,8-11,15,18H,1-3,6-7,12-14,16-17H2,(H2,27,28,32). The number of carbonyl (C=O) groups excluding carboxylic acids is 2. The number of pyridine rings is 1. The summed E-state index contributed by atoms with van der Waals surface area (Å²) in [5, 5.41) is 5.49. The number of nitrogens with one attached hydrogen (secondary N) is 2. The zero-order valence-electron chi connectivity index (χ0n) is 18.2. The minimum Gasteiger partial charge on any atom is -0.356 e. The second-order valence-corrected chi connectivity index (χ2v) is 8.53. The fourth-order valence-corrected chi connectivity index (χ4v) is 4.49. The summed E-state index contributed by atoms with van der Waals surface area (Å²) in [5.41, 5.74) is 1.07. The average molecular weight is 440 g/mol. The second kappa shape index (κ2) is 10.4. The van der Waals surface area contributed by atoms with Gasteiger partial charge in [0.2, 0.25) is 0 Å². The van der Waals surface area contributed by atoms with E-state index in [1.54, 1.807) is 18.3 Å². The number of benzene rings is 1. The van der Waals surface area contributed by atoms with Crippen LogP contribution in [0.15, 0.2) is 42.6 Å². The van der Waals surface area contributed by atoms with Crippen LogP contribution >= 0.6 is 0 Å². The summed E-state index contributed by atoms with van der Waals surface area (Å²) in [5.74, 6) is 0.559. The molecular weight excluding hydrogens is 409 g/mol. The van der Waals surface area contributed by atoms with Gasteiger partial charge in [0.25, 0.3) is 5.91 Å². The number of piperidine rings is 2. The summed E-state index contributed by atoms with van der Waals surface area (Å²) in [7, 11) is 0. The Labute approximate surface area is 188 Å². The van der Waals surface area contributed by atoms with Crippen LogP contribution in [-0.4, -0.2) is 54.5 Å². The van der Waals surface area contributed by atoms with Crippen LogP contribution in [0.4, 0.5) is 20.7 Å². The highest BCUT2D eigenvalue weighted by Gasteiger charge is 2.28. The van der Waals surface area contributed by atoms with Crippen molar-refractivity contribution < 1.29 is 14.0 Å². The molecule has 2 aliphatic rings. The first-order valence-electron chi connectivity index (χ1n) is 11.4. The molecule has 0 saturated carbocycles. The molecule has 0 aliphatic carbocycles. The van der Waals surface area contributed by atoms with Gasteiger partial charge in [-0.2, -0.15) is 0 Å². The molecule has 0 spiro atoms. The molecule has 2 aliphatic heterocycles. The number of halogens is 1. The molecule has 1 atom stereocenters. The summed E-state index contributed by atoms with van der Waals surface area (Å²) in [4.78, 5) is 34.2. The van der Waals surface area contributed by atoms with E-state index in [0.29, 0.717) is 30.9 Å². The van der Waals surface area contributed by atoms with E-state index in [0.717, 1.165) is 44.6 Å². The monoisotopic (exact) mass is 439 g/mol. The van der Waals surface area contributed by atoms with Gasteiger partial charge in [-0.1, -0.05) is 6.07 Å². The maximum atomic E-state index is 13.3. The minimum atomic E-state index is -0.399. The van der Waals surface area contributed by atoms with Crippen LogP contribution in [0.5, 0.6) is 0 Å². The maximum absolute atomic E-state index is 13.3. The lowest BCUT2D eigenvalue weighted by atomic mass is 9.97. The number of hydrogen-bond acceptors (Lipinski definition) is 4. The third-order valence-electron chi connectivity index (χ3n) is 6.11. The third kappa shape index (κ3) is 5.55. The van der Waals surface area contributed by atoms with Crippen molar-refractivity contribution >= 4 is 23.4 Å². The largest absolute Gasteiger partial charge is 0.356 e. The van der Waals surface area contributed by atoms with Gasteiger partial charge in [0.05, 0.1) is 5.56 Å². The van der Waals surface area contributed by atoms with Crippen molar-refractivity contribution in [3.05, 3.63) is 54.0 Å². The van der Waals surface area contributed by atoms with E-state index < -0.39 is 5.82 Å².